The number of rotatable bonds is 8. The SMILES string of the molecule is CC.CCCCCCCCCc1ccccc1. The average molecular weight is 234 g/mol. The van der Waals surface area contributed by atoms with Crippen molar-refractivity contribution in [1.29, 1.82) is 0 Å². The first-order valence-electron chi connectivity index (χ1n) is 7.47. The molecule has 0 saturated heterocycles. The van der Waals surface area contributed by atoms with E-state index in [4.69, 9.17) is 0 Å². The highest BCUT2D eigenvalue weighted by Crippen LogP contribution is 2.10. The molecule has 0 heterocycles. The molecular formula is C17H30. The molecule has 98 valence electrons. The molecule has 0 spiro atoms. The van der Waals surface area contributed by atoms with Crippen molar-refractivity contribution in [3.05, 3.63) is 35.9 Å². The van der Waals surface area contributed by atoms with Crippen LogP contribution in [0.3, 0.4) is 0 Å². The molecule has 0 nitrogen and oxygen atoms in total. The monoisotopic (exact) mass is 234 g/mol. The second-order valence-electron chi connectivity index (χ2n) is 4.36. The topological polar surface area (TPSA) is 0 Å². The van der Waals surface area contributed by atoms with Crippen LogP contribution in [0, 0.1) is 0 Å². The van der Waals surface area contributed by atoms with Crippen molar-refractivity contribution < 1.29 is 0 Å². The summed E-state index contributed by atoms with van der Waals surface area (Å²) in [6, 6.07) is 10.8. The first kappa shape index (κ1) is 16.2. The molecule has 0 N–H and O–H groups in total. The summed E-state index contributed by atoms with van der Waals surface area (Å²) in [5.74, 6) is 0. The fraction of sp³-hybridized carbons (Fsp3) is 0.647. The van der Waals surface area contributed by atoms with Crippen LogP contribution in [0.4, 0.5) is 0 Å². The lowest BCUT2D eigenvalue weighted by atomic mass is 10.0. The first-order valence-corrected chi connectivity index (χ1v) is 7.47. The molecule has 1 aromatic rings. The van der Waals surface area contributed by atoms with Crippen molar-refractivity contribution in [1.82, 2.24) is 0 Å². The predicted molar refractivity (Wildman–Crippen MR) is 79.5 cm³/mol. The molecule has 1 aromatic carbocycles. The molecular weight excluding hydrogens is 204 g/mol. The van der Waals surface area contributed by atoms with Crippen LogP contribution < -0.4 is 0 Å². The van der Waals surface area contributed by atoms with Crippen LogP contribution in [0.5, 0.6) is 0 Å². The largest absolute Gasteiger partial charge is 0.0683 e. The molecule has 0 aliphatic heterocycles. The number of unbranched alkanes of at least 4 members (excludes halogenated alkanes) is 6. The third-order valence-electron chi connectivity index (χ3n) is 2.91. The van der Waals surface area contributed by atoms with Gasteiger partial charge in [-0.05, 0) is 18.4 Å². The van der Waals surface area contributed by atoms with E-state index in [2.05, 4.69) is 37.3 Å². The van der Waals surface area contributed by atoms with Gasteiger partial charge in [0.05, 0.1) is 0 Å². The van der Waals surface area contributed by atoms with Gasteiger partial charge in [0.2, 0.25) is 0 Å². The van der Waals surface area contributed by atoms with Crippen molar-refractivity contribution >= 4 is 0 Å². The summed E-state index contributed by atoms with van der Waals surface area (Å²) in [5.41, 5.74) is 1.49. The van der Waals surface area contributed by atoms with Crippen molar-refractivity contribution in [3.8, 4) is 0 Å². The van der Waals surface area contributed by atoms with E-state index in [1.807, 2.05) is 13.8 Å². The summed E-state index contributed by atoms with van der Waals surface area (Å²) < 4.78 is 0. The molecule has 0 saturated carbocycles. The quantitative estimate of drug-likeness (QED) is 0.483. The van der Waals surface area contributed by atoms with Crippen LogP contribution in [-0.2, 0) is 6.42 Å². The van der Waals surface area contributed by atoms with Crippen LogP contribution in [-0.4, -0.2) is 0 Å². The molecule has 1 rings (SSSR count). The highest BCUT2D eigenvalue weighted by atomic mass is 14.0. The zero-order chi connectivity index (χ0) is 12.8. The van der Waals surface area contributed by atoms with Crippen LogP contribution in [0.25, 0.3) is 0 Å². The van der Waals surface area contributed by atoms with E-state index in [1.165, 1.54) is 56.9 Å². The molecule has 0 fully saturated rings. The summed E-state index contributed by atoms with van der Waals surface area (Å²) in [6.45, 7) is 6.27. The molecule has 17 heavy (non-hydrogen) atoms. The lowest BCUT2D eigenvalue weighted by molar-refractivity contribution is 0.589. The van der Waals surface area contributed by atoms with E-state index < -0.39 is 0 Å². The highest BCUT2D eigenvalue weighted by Gasteiger charge is 1.92. The molecule has 0 aliphatic carbocycles. The summed E-state index contributed by atoms with van der Waals surface area (Å²) in [5, 5.41) is 0. The Morgan fingerprint density at radius 3 is 1.82 bits per heavy atom. The van der Waals surface area contributed by atoms with E-state index in [9.17, 15) is 0 Å². The molecule has 0 bridgehead atoms. The summed E-state index contributed by atoms with van der Waals surface area (Å²) in [4.78, 5) is 0. The predicted octanol–water partition coefficient (Wildman–Crippen LogP) is 6.01. The Morgan fingerprint density at radius 2 is 1.24 bits per heavy atom. The fourth-order valence-corrected chi connectivity index (χ4v) is 1.93. The average Bonchev–Trinajstić information content (AvgIpc) is 2.41. The Labute approximate surface area is 108 Å². The fourth-order valence-electron chi connectivity index (χ4n) is 1.93. The van der Waals surface area contributed by atoms with Crippen LogP contribution in [0.2, 0.25) is 0 Å². The van der Waals surface area contributed by atoms with Gasteiger partial charge in [-0.25, -0.2) is 0 Å². The van der Waals surface area contributed by atoms with Crippen LogP contribution in [0.15, 0.2) is 30.3 Å². The number of benzene rings is 1. The number of hydrogen-bond donors (Lipinski definition) is 0. The molecule has 0 aliphatic rings. The zero-order valence-electron chi connectivity index (χ0n) is 12.0. The van der Waals surface area contributed by atoms with Gasteiger partial charge >= 0.3 is 0 Å². The van der Waals surface area contributed by atoms with Crippen LogP contribution >= 0.6 is 0 Å². The Hall–Kier alpha value is -0.780. The summed E-state index contributed by atoms with van der Waals surface area (Å²) >= 11 is 0. The Bertz CT molecular complexity index is 225. The van der Waals surface area contributed by atoms with Crippen LogP contribution in [0.1, 0.15) is 71.3 Å². The van der Waals surface area contributed by atoms with Gasteiger partial charge in [0.1, 0.15) is 0 Å². The van der Waals surface area contributed by atoms with E-state index >= 15 is 0 Å². The minimum absolute atomic E-state index is 1.26. The maximum atomic E-state index is 2.27. The van der Waals surface area contributed by atoms with Crippen molar-refractivity contribution in [3.63, 3.8) is 0 Å². The third kappa shape index (κ3) is 10.1. The van der Waals surface area contributed by atoms with E-state index in [1.54, 1.807) is 0 Å². The van der Waals surface area contributed by atoms with Gasteiger partial charge in [0, 0.05) is 0 Å². The zero-order valence-corrected chi connectivity index (χ0v) is 12.0. The smallest absolute Gasteiger partial charge is 0.0279 e. The Balaban J connectivity index is 0.00000121. The van der Waals surface area contributed by atoms with Crippen molar-refractivity contribution in [2.45, 2.75) is 72.1 Å². The van der Waals surface area contributed by atoms with Crippen molar-refractivity contribution in [2.24, 2.45) is 0 Å². The minimum atomic E-state index is 1.26. The van der Waals surface area contributed by atoms with Gasteiger partial charge < -0.3 is 0 Å². The standard InChI is InChI=1S/C15H24.C2H6/c1-2-3-4-5-6-7-9-12-15-13-10-8-11-14-15;1-2/h8,10-11,13-14H,2-7,9,12H2,1H3;1-2H3. The minimum Gasteiger partial charge on any atom is -0.0683 e. The molecule has 0 unspecified atom stereocenters. The number of aryl methyl sites for hydroxylation is 1. The maximum Gasteiger partial charge on any atom is -0.0279 e. The first-order chi connectivity index (χ1) is 8.43. The maximum absolute atomic E-state index is 2.27. The highest BCUT2D eigenvalue weighted by molar-refractivity contribution is 5.14. The van der Waals surface area contributed by atoms with Gasteiger partial charge in [0.25, 0.3) is 0 Å². The molecule has 0 radical (unpaired) electrons. The molecule has 0 heteroatoms. The summed E-state index contributed by atoms with van der Waals surface area (Å²) in [7, 11) is 0. The second kappa shape index (κ2) is 13.3. The Morgan fingerprint density at radius 1 is 0.706 bits per heavy atom. The third-order valence-corrected chi connectivity index (χ3v) is 2.91. The van der Waals surface area contributed by atoms with E-state index in [0.29, 0.717) is 0 Å². The second-order valence-corrected chi connectivity index (χ2v) is 4.36. The molecule has 0 amide bonds. The van der Waals surface area contributed by atoms with Crippen molar-refractivity contribution in [2.75, 3.05) is 0 Å². The normalized spacial score (nSPS) is 9.59. The van der Waals surface area contributed by atoms with Gasteiger partial charge in [-0.15, -0.1) is 0 Å². The van der Waals surface area contributed by atoms with Gasteiger partial charge in [0.15, 0.2) is 0 Å². The Kier molecular flexibility index (Phi) is 12.7. The lowest BCUT2D eigenvalue weighted by Gasteiger charge is -2.01. The summed E-state index contributed by atoms with van der Waals surface area (Å²) in [6.07, 6.45) is 11.1. The van der Waals surface area contributed by atoms with Gasteiger partial charge in [-0.1, -0.05) is 89.6 Å². The van der Waals surface area contributed by atoms with E-state index in [0.717, 1.165) is 0 Å². The molecule has 0 aromatic heterocycles. The molecule has 0 atom stereocenters. The number of hydrogen-bond acceptors (Lipinski definition) is 0. The van der Waals surface area contributed by atoms with Gasteiger partial charge in [-0.3, -0.25) is 0 Å². The lowest BCUT2D eigenvalue weighted by Crippen LogP contribution is -1.85. The van der Waals surface area contributed by atoms with Gasteiger partial charge in [-0.2, -0.15) is 0 Å². The van der Waals surface area contributed by atoms with E-state index in [-0.39, 0.29) is 0 Å².